The molecule has 14 nitrogen and oxygen atoms in total. The lowest BCUT2D eigenvalue weighted by Gasteiger charge is -2.17. The molecule has 2 fully saturated rings. The Bertz CT molecular complexity index is 1320. The van der Waals surface area contributed by atoms with Crippen LogP contribution < -0.4 is 5.32 Å². The summed E-state index contributed by atoms with van der Waals surface area (Å²) in [5.41, 5.74) is 2.21. The lowest BCUT2D eigenvalue weighted by atomic mass is 10.1. The number of fused-ring (bicyclic) bond motifs is 1. The first kappa shape index (κ1) is 21.9. The summed E-state index contributed by atoms with van der Waals surface area (Å²) < 4.78 is 14.2. The fraction of sp³-hybridized carbons (Fsp3) is 0.429. The van der Waals surface area contributed by atoms with Crippen LogP contribution in [0.5, 0.6) is 0 Å². The van der Waals surface area contributed by atoms with Crippen molar-refractivity contribution in [1.82, 2.24) is 39.3 Å². The standard InChI is InChI=1S/C21H23N9O5/c31-8-14-16(32)17(33)20(35-14)29-10-24-15-18(26-12-1-4-34-9-12)27-21(28-19(15)29)30-7-11(5-25-30)13-6-22-2-3-23-13/h2-3,5-7,10,12,14,16-17,20,31-33H,1,4,8-9H2,(H,26,27,28). The number of hydrogen-bond donors (Lipinski definition) is 4. The Morgan fingerprint density at radius 3 is 2.77 bits per heavy atom. The average molecular weight is 481 g/mol. The Kier molecular flexibility index (Phi) is 5.58. The second-order valence-corrected chi connectivity index (χ2v) is 8.39. The smallest absolute Gasteiger partial charge is 0.254 e. The molecule has 2 saturated heterocycles. The highest BCUT2D eigenvalue weighted by molar-refractivity contribution is 5.84. The highest BCUT2D eigenvalue weighted by Crippen LogP contribution is 2.33. The van der Waals surface area contributed by atoms with Gasteiger partial charge in [-0.15, -0.1) is 0 Å². The molecule has 0 radical (unpaired) electrons. The van der Waals surface area contributed by atoms with E-state index >= 15 is 0 Å². The maximum absolute atomic E-state index is 10.6. The predicted octanol–water partition coefficient (Wildman–Crippen LogP) is -0.719. The van der Waals surface area contributed by atoms with Gasteiger partial charge in [-0.05, 0) is 6.42 Å². The van der Waals surface area contributed by atoms with Crippen molar-refractivity contribution < 1.29 is 24.8 Å². The third kappa shape index (κ3) is 3.90. The van der Waals surface area contributed by atoms with Gasteiger partial charge < -0.3 is 30.1 Å². The highest BCUT2D eigenvalue weighted by Gasteiger charge is 2.44. The molecule has 0 aromatic carbocycles. The molecule has 0 bridgehead atoms. The number of rotatable bonds is 6. The first-order valence-corrected chi connectivity index (χ1v) is 11.1. The van der Waals surface area contributed by atoms with E-state index in [0.717, 1.165) is 12.0 Å². The third-order valence-electron chi connectivity index (χ3n) is 6.12. The van der Waals surface area contributed by atoms with Crippen molar-refractivity contribution in [3.8, 4) is 17.2 Å². The predicted molar refractivity (Wildman–Crippen MR) is 119 cm³/mol. The summed E-state index contributed by atoms with van der Waals surface area (Å²) in [5.74, 6) is 0.727. The van der Waals surface area contributed by atoms with Crippen LogP contribution in [0.4, 0.5) is 5.82 Å². The Hall–Kier alpha value is -3.56. The lowest BCUT2D eigenvalue weighted by molar-refractivity contribution is -0.0511. The van der Waals surface area contributed by atoms with E-state index in [1.807, 2.05) is 0 Å². The van der Waals surface area contributed by atoms with Crippen LogP contribution in [-0.2, 0) is 9.47 Å². The lowest BCUT2D eigenvalue weighted by Crippen LogP contribution is -2.33. The summed E-state index contributed by atoms with van der Waals surface area (Å²) in [6.07, 6.45) is 6.02. The molecular formula is C21H23N9O5. The van der Waals surface area contributed by atoms with E-state index in [0.29, 0.717) is 35.9 Å². The van der Waals surface area contributed by atoms with Crippen LogP contribution in [0, 0.1) is 0 Å². The van der Waals surface area contributed by atoms with Gasteiger partial charge in [0, 0.05) is 30.8 Å². The number of aliphatic hydroxyl groups excluding tert-OH is 3. The summed E-state index contributed by atoms with van der Waals surface area (Å²) in [7, 11) is 0. The minimum atomic E-state index is -1.28. The summed E-state index contributed by atoms with van der Waals surface area (Å²) in [4.78, 5) is 22.2. The molecular weight excluding hydrogens is 458 g/mol. The van der Waals surface area contributed by atoms with Crippen molar-refractivity contribution in [3.05, 3.63) is 37.3 Å². The van der Waals surface area contributed by atoms with Crippen LogP contribution in [-0.4, -0.2) is 98.8 Å². The maximum atomic E-state index is 10.6. The van der Waals surface area contributed by atoms with Crippen molar-refractivity contribution in [3.63, 3.8) is 0 Å². The Morgan fingerprint density at radius 1 is 1.11 bits per heavy atom. The number of nitrogens with one attached hydrogen (secondary N) is 1. The van der Waals surface area contributed by atoms with Gasteiger partial charge in [-0.1, -0.05) is 0 Å². The number of aliphatic hydroxyl groups is 3. The van der Waals surface area contributed by atoms with Crippen LogP contribution in [0.1, 0.15) is 12.6 Å². The van der Waals surface area contributed by atoms with Crippen molar-refractivity contribution in [2.75, 3.05) is 25.1 Å². The van der Waals surface area contributed by atoms with Gasteiger partial charge in [0.05, 0.1) is 43.7 Å². The van der Waals surface area contributed by atoms with Crippen LogP contribution in [0.2, 0.25) is 0 Å². The molecule has 0 saturated carbocycles. The van der Waals surface area contributed by atoms with Gasteiger partial charge in [0.25, 0.3) is 5.95 Å². The topological polar surface area (TPSA) is 178 Å². The zero-order valence-electron chi connectivity index (χ0n) is 18.4. The van der Waals surface area contributed by atoms with E-state index in [4.69, 9.17) is 9.47 Å². The second-order valence-electron chi connectivity index (χ2n) is 8.39. The van der Waals surface area contributed by atoms with E-state index < -0.39 is 31.1 Å². The van der Waals surface area contributed by atoms with Gasteiger partial charge in [-0.2, -0.15) is 15.1 Å². The van der Waals surface area contributed by atoms with Crippen LogP contribution in [0.15, 0.2) is 37.3 Å². The normalized spacial score (nSPS) is 26.5. The largest absolute Gasteiger partial charge is 0.394 e. The highest BCUT2D eigenvalue weighted by atomic mass is 16.6. The van der Waals surface area contributed by atoms with E-state index in [9.17, 15) is 15.3 Å². The van der Waals surface area contributed by atoms with Gasteiger partial charge >= 0.3 is 0 Å². The van der Waals surface area contributed by atoms with Gasteiger partial charge in [0.1, 0.15) is 18.3 Å². The quantitative estimate of drug-likeness (QED) is 0.272. The molecule has 182 valence electrons. The molecule has 2 aliphatic rings. The zero-order valence-corrected chi connectivity index (χ0v) is 18.4. The SMILES string of the molecule is OCC1OC(n2cnc3c(NC4CCOC4)nc(-n4cc(-c5cnccn5)cn4)nc32)C(O)C1O. The van der Waals surface area contributed by atoms with Gasteiger partial charge in [0.15, 0.2) is 23.2 Å². The van der Waals surface area contributed by atoms with Crippen LogP contribution >= 0.6 is 0 Å². The molecule has 0 amide bonds. The molecule has 6 heterocycles. The van der Waals surface area contributed by atoms with Crippen molar-refractivity contribution in [2.24, 2.45) is 0 Å². The summed E-state index contributed by atoms with van der Waals surface area (Å²) in [5, 5.41) is 38.0. The average Bonchev–Trinajstić information content (AvgIpc) is 3.68. The van der Waals surface area contributed by atoms with Crippen molar-refractivity contribution in [1.29, 1.82) is 0 Å². The molecule has 5 atom stereocenters. The molecule has 0 spiro atoms. The minimum absolute atomic E-state index is 0.0489. The van der Waals surface area contributed by atoms with E-state index in [2.05, 4.69) is 35.3 Å². The molecule has 4 aromatic rings. The fourth-order valence-electron chi connectivity index (χ4n) is 4.26. The van der Waals surface area contributed by atoms with Gasteiger partial charge in [-0.25, -0.2) is 9.67 Å². The number of ether oxygens (including phenoxy) is 2. The molecule has 4 N–H and O–H groups in total. The van der Waals surface area contributed by atoms with E-state index in [-0.39, 0.29) is 12.0 Å². The van der Waals surface area contributed by atoms with E-state index in [1.165, 1.54) is 15.6 Å². The number of imidazole rings is 1. The Morgan fingerprint density at radius 2 is 2.03 bits per heavy atom. The maximum Gasteiger partial charge on any atom is 0.254 e. The molecule has 6 rings (SSSR count). The zero-order chi connectivity index (χ0) is 23.9. The minimum Gasteiger partial charge on any atom is -0.394 e. The molecule has 14 heteroatoms. The molecule has 5 unspecified atom stereocenters. The molecule has 35 heavy (non-hydrogen) atoms. The summed E-state index contributed by atoms with van der Waals surface area (Å²) >= 11 is 0. The summed E-state index contributed by atoms with van der Waals surface area (Å²) in [6.45, 7) is 0.750. The second kappa shape index (κ2) is 8.90. The fourth-order valence-corrected chi connectivity index (χ4v) is 4.26. The molecule has 0 aliphatic carbocycles. The van der Waals surface area contributed by atoms with Gasteiger partial charge in [0.2, 0.25) is 0 Å². The molecule has 4 aromatic heterocycles. The Balaban J connectivity index is 1.44. The monoisotopic (exact) mass is 481 g/mol. The first-order valence-electron chi connectivity index (χ1n) is 11.1. The van der Waals surface area contributed by atoms with Gasteiger partial charge in [-0.3, -0.25) is 14.5 Å². The number of anilines is 1. The number of hydrogen-bond acceptors (Lipinski definition) is 12. The third-order valence-corrected chi connectivity index (χ3v) is 6.12. The number of nitrogens with zero attached hydrogens (tertiary/aromatic N) is 8. The van der Waals surface area contributed by atoms with Crippen molar-refractivity contribution in [2.45, 2.75) is 37.0 Å². The molecule has 2 aliphatic heterocycles. The first-order chi connectivity index (χ1) is 17.1. The van der Waals surface area contributed by atoms with Crippen molar-refractivity contribution >= 4 is 17.0 Å². The van der Waals surface area contributed by atoms with Crippen LogP contribution in [0.25, 0.3) is 28.4 Å². The number of aromatic nitrogens is 8. The summed E-state index contributed by atoms with van der Waals surface area (Å²) in [6, 6.07) is 0.0489. The van der Waals surface area contributed by atoms with Crippen LogP contribution in [0.3, 0.4) is 0 Å². The Labute approximate surface area is 198 Å². The van der Waals surface area contributed by atoms with E-state index in [1.54, 1.807) is 31.0 Å².